The van der Waals surface area contributed by atoms with Crippen LogP contribution < -0.4 is 15.4 Å². The van der Waals surface area contributed by atoms with Gasteiger partial charge in [0.2, 0.25) is 5.91 Å². The fourth-order valence-electron chi connectivity index (χ4n) is 4.89. The fraction of sp³-hybridized carbons (Fsp3) is 0.531. The second-order valence-corrected chi connectivity index (χ2v) is 12.0. The first-order chi connectivity index (χ1) is 18.7. The maximum atomic E-state index is 14.5. The van der Waals surface area contributed by atoms with E-state index in [1.807, 2.05) is 45.9 Å². The van der Waals surface area contributed by atoms with Crippen molar-refractivity contribution >= 4 is 23.6 Å². The number of hydrogen-bond donors (Lipinski definition) is 2. The summed E-state index contributed by atoms with van der Waals surface area (Å²) in [5, 5.41) is 5.86. The first-order valence-corrected chi connectivity index (χ1v) is 14.1. The molecule has 5 unspecified atom stereocenters. The van der Waals surface area contributed by atoms with E-state index < -0.39 is 23.8 Å². The van der Waals surface area contributed by atoms with Crippen molar-refractivity contribution in [3.8, 4) is 5.75 Å². The van der Waals surface area contributed by atoms with Gasteiger partial charge in [-0.15, -0.1) is 0 Å². The van der Waals surface area contributed by atoms with Crippen molar-refractivity contribution < 1.29 is 23.9 Å². The Labute approximate surface area is 238 Å². The van der Waals surface area contributed by atoms with Gasteiger partial charge in [0.05, 0.1) is 7.11 Å². The number of nitrogens with one attached hydrogen (secondary N) is 2. The Bertz CT molecular complexity index is 1200. The molecule has 0 bridgehead atoms. The zero-order valence-electron chi connectivity index (χ0n) is 25.3. The Balaban J connectivity index is 2.06. The van der Waals surface area contributed by atoms with Crippen LogP contribution in [0.25, 0.3) is 0 Å². The van der Waals surface area contributed by atoms with Gasteiger partial charge in [-0.05, 0) is 88.3 Å². The van der Waals surface area contributed by atoms with Gasteiger partial charge in [0, 0.05) is 11.7 Å². The monoisotopic (exact) mass is 551 g/mol. The highest BCUT2D eigenvalue weighted by Crippen LogP contribution is 2.42. The molecule has 218 valence electrons. The molecule has 3 amide bonds. The second kappa shape index (κ2) is 12.7. The van der Waals surface area contributed by atoms with E-state index in [0.29, 0.717) is 17.9 Å². The number of rotatable bonds is 10. The summed E-state index contributed by atoms with van der Waals surface area (Å²) < 4.78 is 10.8. The number of amides is 3. The van der Waals surface area contributed by atoms with Gasteiger partial charge in [0.25, 0.3) is 5.91 Å². The summed E-state index contributed by atoms with van der Waals surface area (Å²) in [6, 6.07) is 11.1. The number of nitrogens with zero attached hydrogens (tertiary/aromatic N) is 1. The van der Waals surface area contributed by atoms with Gasteiger partial charge in [0.15, 0.2) is 0 Å². The van der Waals surface area contributed by atoms with Crippen LogP contribution in [-0.4, -0.2) is 47.6 Å². The summed E-state index contributed by atoms with van der Waals surface area (Å²) in [4.78, 5) is 43.1. The molecule has 5 atom stereocenters. The Kier molecular flexibility index (Phi) is 9.87. The Morgan fingerprint density at radius 1 is 1.07 bits per heavy atom. The van der Waals surface area contributed by atoms with Crippen LogP contribution in [0.1, 0.15) is 77.1 Å². The van der Waals surface area contributed by atoms with Crippen molar-refractivity contribution in [1.29, 1.82) is 0 Å². The van der Waals surface area contributed by atoms with Crippen molar-refractivity contribution in [2.45, 2.75) is 92.0 Å². The Morgan fingerprint density at radius 2 is 1.70 bits per heavy atom. The molecule has 0 spiro atoms. The average molecular weight is 552 g/mol. The molecule has 2 aromatic carbocycles. The van der Waals surface area contributed by atoms with Crippen molar-refractivity contribution in [3.05, 3.63) is 59.2 Å². The molecular formula is C32H45N3O5. The molecule has 3 rings (SSSR count). The van der Waals surface area contributed by atoms with Gasteiger partial charge >= 0.3 is 6.09 Å². The van der Waals surface area contributed by atoms with Crippen LogP contribution in [0.2, 0.25) is 0 Å². The minimum atomic E-state index is -0.892. The van der Waals surface area contributed by atoms with Crippen molar-refractivity contribution in [3.63, 3.8) is 0 Å². The maximum Gasteiger partial charge on any atom is 0.408 e. The third-order valence-electron chi connectivity index (χ3n) is 7.43. The summed E-state index contributed by atoms with van der Waals surface area (Å²) in [6.45, 7) is 15.3. The van der Waals surface area contributed by atoms with E-state index in [4.69, 9.17) is 9.47 Å². The zero-order chi connectivity index (χ0) is 29.8. The van der Waals surface area contributed by atoms with E-state index in [2.05, 4.69) is 17.6 Å². The molecule has 8 nitrogen and oxygen atoms in total. The lowest BCUT2D eigenvalue weighted by Gasteiger charge is -2.37. The molecule has 0 aromatic heterocycles. The average Bonchev–Trinajstić information content (AvgIpc) is 3.60. The summed E-state index contributed by atoms with van der Waals surface area (Å²) in [5.74, 6) is 0.123. The van der Waals surface area contributed by atoms with E-state index in [-0.39, 0.29) is 29.7 Å². The topological polar surface area (TPSA) is 97.0 Å². The van der Waals surface area contributed by atoms with E-state index >= 15 is 0 Å². The first kappa shape index (κ1) is 31.0. The molecule has 0 radical (unpaired) electrons. The Morgan fingerprint density at radius 3 is 2.20 bits per heavy atom. The number of carbonyl (C=O) groups excluding carboxylic acids is 3. The standard InChI is InChI=1S/C32H45N3O5/c1-10-20(3)27(34-31(38)40-32(6,7)8)30(37)35(26-18-22(26)5)28(25-16-11-19(2)17-21(25)4)29(36)33-23-12-14-24(39-9)15-13-23/h11-17,20,22,26-28H,10,18H2,1-9H3,(H,33,36)(H,34,38). The van der Waals surface area contributed by atoms with Gasteiger partial charge in [-0.25, -0.2) is 4.79 Å². The molecule has 2 aromatic rings. The number of benzene rings is 2. The van der Waals surface area contributed by atoms with Gasteiger partial charge in [-0.3, -0.25) is 9.59 Å². The number of methoxy groups -OCH3 is 1. The SMILES string of the molecule is CCC(C)C(NC(=O)OC(C)(C)C)C(=O)N(C(C(=O)Nc1ccc(OC)cc1)c1ccc(C)cc1C)C1CC1C. The van der Waals surface area contributed by atoms with Crippen LogP contribution in [-0.2, 0) is 14.3 Å². The highest BCUT2D eigenvalue weighted by molar-refractivity contribution is 5.99. The number of carbonyl (C=O) groups is 3. The third kappa shape index (κ3) is 7.77. The molecule has 8 heteroatoms. The number of alkyl carbamates (subject to hydrolysis) is 1. The van der Waals surface area contributed by atoms with E-state index in [0.717, 1.165) is 23.1 Å². The van der Waals surface area contributed by atoms with Crippen molar-refractivity contribution in [1.82, 2.24) is 10.2 Å². The summed E-state index contributed by atoms with van der Waals surface area (Å²) in [7, 11) is 1.59. The van der Waals surface area contributed by atoms with Gasteiger partial charge in [-0.2, -0.15) is 0 Å². The highest BCUT2D eigenvalue weighted by atomic mass is 16.6. The van der Waals surface area contributed by atoms with Crippen LogP contribution >= 0.6 is 0 Å². The molecule has 40 heavy (non-hydrogen) atoms. The van der Waals surface area contributed by atoms with Crippen LogP contribution in [0.3, 0.4) is 0 Å². The van der Waals surface area contributed by atoms with Gasteiger partial charge in [0.1, 0.15) is 23.4 Å². The summed E-state index contributed by atoms with van der Waals surface area (Å²) >= 11 is 0. The van der Waals surface area contributed by atoms with Crippen LogP contribution in [0.15, 0.2) is 42.5 Å². The minimum Gasteiger partial charge on any atom is -0.497 e. The lowest BCUT2D eigenvalue weighted by molar-refractivity contribution is -0.142. The molecular weight excluding hydrogens is 506 g/mol. The van der Waals surface area contributed by atoms with Crippen LogP contribution in [0.4, 0.5) is 10.5 Å². The smallest absolute Gasteiger partial charge is 0.408 e. The maximum absolute atomic E-state index is 14.5. The second-order valence-electron chi connectivity index (χ2n) is 12.0. The molecule has 0 aliphatic heterocycles. The van der Waals surface area contributed by atoms with E-state index in [1.165, 1.54) is 0 Å². The molecule has 0 saturated heterocycles. The predicted octanol–water partition coefficient (Wildman–Crippen LogP) is 6.17. The van der Waals surface area contributed by atoms with E-state index in [1.54, 1.807) is 57.0 Å². The highest BCUT2D eigenvalue weighted by Gasteiger charge is 2.49. The molecule has 1 aliphatic rings. The third-order valence-corrected chi connectivity index (χ3v) is 7.43. The quantitative estimate of drug-likeness (QED) is 0.368. The number of ether oxygens (including phenoxy) is 2. The lowest BCUT2D eigenvalue weighted by atomic mass is 9.93. The number of aryl methyl sites for hydroxylation is 2. The molecule has 2 N–H and O–H groups in total. The summed E-state index contributed by atoms with van der Waals surface area (Å²) in [6.07, 6.45) is 0.788. The van der Waals surface area contributed by atoms with Gasteiger partial charge < -0.3 is 25.0 Å². The zero-order valence-corrected chi connectivity index (χ0v) is 25.3. The van der Waals surface area contributed by atoms with Gasteiger partial charge in [-0.1, -0.05) is 51.0 Å². The fourth-order valence-corrected chi connectivity index (χ4v) is 4.89. The van der Waals surface area contributed by atoms with Crippen LogP contribution in [0.5, 0.6) is 5.75 Å². The number of hydrogen-bond acceptors (Lipinski definition) is 5. The van der Waals surface area contributed by atoms with E-state index in [9.17, 15) is 14.4 Å². The molecule has 1 aliphatic carbocycles. The minimum absolute atomic E-state index is 0.133. The number of anilines is 1. The normalized spacial score (nSPS) is 18.6. The van der Waals surface area contributed by atoms with Crippen molar-refractivity contribution in [2.24, 2.45) is 11.8 Å². The van der Waals surface area contributed by atoms with Crippen molar-refractivity contribution in [2.75, 3.05) is 12.4 Å². The van der Waals surface area contributed by atoms with Crippen LogP contribution in [0, 0.1) is 25.7 Å². The molecule has 1 fully saturated rings. The Hall–Kier alpha value is -3.55. The molecule has 0 heterocycles. The predicted molar refractivity (Wildman–Crippen MR) is 157 cm³/mol. The lowest BCUT2D eigenvalue weighted by Crippen LogP contribution is -2.55. The molecule has 1 saturated carbocycles. The largest absolute Gasteiger partial charge is 0.497 e. The first-order valence-electron chi connectivity index (χ1n) is 14.1. The summed E-state index contributed by atoms with van der Waals surface area (Å²) in [5.41, 5.74) is 2.63.